The maximum atomic E-state index is 13.4. The minimum Gasteiger partial charge on any atom is -0.289 e. The lowest BCUT2D eigenvalue weighted by atomic mass is 9.83. The summed E-state index contributed by atoms with van der Waals surface area (Å²) in [6.07, 6.45) is 2.40. The van der Waals surface area contributed by atoms with Crippen molar-refractivity contribution in [3.8, 4) is 0 Å². The smallest absolute Gasteiger partial charge is 0.123 e. The van der Waals surface area contributed by atoms with E-state index in [-0.39, 0.29) is 17.7 Å². The Balaban J connectivity index is 2.00. The lowest BCUT2D eigenvalue weighted by Crippen LogP contribution is -2.45. The number of piperidine rings is 1. The second-order valence-electron chi connectivity index (χ2n) is 7.63. The Bertz CT molecular complexity index is 633. The van der Waals surface area contributed by atoms with E-state index >= 15 is 0 Å². The quantitative estimate of drug-likeness (QED) is 0.677. The summed E-state index contributed by atoms with van der Waals surface area (Å²) in [5.41, 5.74) is 2.12. The number of nitrogens with zero attached hydrogens (tertiary/aromatic N) is 1. The molecule has 0 unspecified atom stereocenters. The number of benzene rings is 2. The van der Waals surface area contributed by atoms with Gasteiger partial charge in [-0.3, -0.25) is 4.90 Å². The van der Waals surface area contributed by atoms with Crippen LogP contribution >= 0.6 is 0 Å². The van der Waals surface area contributed by atoms with Gasteiger partial charge in [-0.1, -0.05) is 38.1 Å². The Morgan fingerprint density at radius 2 is 1.32 bits per heavy atom. The van der Waals surface area contributed by atoms with E-state index in [2.05, 4.69) is 25.7 Å². The third-order valence-electron chi connectivity index (χ3n) is 5.61. The molecule has 134 valence electrons. The molecular formula is C22H27F2N. The summed E-state index contributed by atoms with van der Waals surface area (Å²) < 4.78 is 26.9. The minimum absolute atomic E-state index is 0.0257. The number of halogens is 2. The molecular weight excluding hydrogens is 316 g/mol. The highest BCUT2D eigenvalue weighted by Gasteiger charge is 2.33. The van der Waals surface area contributed by atoms with Gasteiger partial charge in [0.1, 0.15) is 11.6 Å². The molecule has 0 aromatic heterocycles. The van der Waals surface area contributed by atoms with Gasteiger partial charge in [0, 0.05) is 12.6 Å². The molecule has 3 heteroatoms. The van der Waals surface area contributed by atoms with Gasteiger partial charge in [-0.25, -0.2) is 8.78 Å². The molecule has 1 saturated heterocycles. The van der Waals surface area contributed by atoms with E-state index in [0.29, 0.717) is 17.9 Å². The minimum atomic E-state index is -0.228. The summed E-state index contributed by atoms with van der Waals surface area (Å²) in [5.74, 6) is 0.832. The Kier molecular flexibility index (Phi) is 5.53. The zero-order valence-corrected chi connectivity index (χ0v) is 15.3. The third-order valence-corrected chi connectivity index (χ3v) is 5.61. The molecule has 1 heterocycles. The van der Waals surface area contributed by atoms with Crippen LogP contribution in [0, 0.1) is 23.5 Å². The van der Waals surface area contributed by atoms with Crippen molar-refractivity contribution in [3.63, 3.8) is 0 Å². The Hall–Kier alpha value is -1.74. The topological polar surface area (TPSA) is 3.24 Å². The van der Waals surface area contributed by atoms with Crippen LogP contribution in [0.1, 0.15) is 50.8 Å². The first-order valence-corrected chi connectivity index (χ1v) is 9.22. The fourth-order valence-electron chi connectivity index (χ4n) is 3.93. The highest BCUT2D eigenvalue weighted by Crippen LogP contribution is 2.37. The molecule has 25 heavy (non-hydrogen) atoms. The van der Waals surface area contributed by atoms with Crippen molar-refractivity contribution >= 4 is 0 Å². The molecule has 0 amide bonds. The van der Waals surface area contributed by atoms with Gasteiger partial charge in [-0.2, -0.15) is 0 Å². The maximum absolute atomic E-state index is 13.4. The third kappa shape index (κ3) is 4.09. The summed E-state index contributed by atoms with van der Waals surface area (Å²) in [6.45, 7) is 7.84. The van der Waals surface area contributed by atoms with Gasteiger partial charge in [-0.05, 0) is 67.0 Å². The van der Waals surface area contributed by atoms with Gasteiger partial charge in [0.25, 0.3) is 0 Å². The van der Waals surface area contributed by atoms with Gasteiger partial charge in [0.05, 0.1) is 6.04 Å². The summed E-state index contributed by atoms with van der Waals surface area (Å²) in [5, 5.41) is 0. The van der Waals surface area contributed by atoms with Crippen molar-refractivity contribution in [2.24, 2.45) is 11.8 Å². The van der Waals surface area contributed by atoms with Crippen LogP contribution in [0.2, 0.25) is 0 Å². The fraction of sp³-hybridized carbons (Fsp3) is 0.455. The number of rotatable bonds is 4. The average molecular weight is 343 g/mol. The van der Waals surface area contributed by atoms with Crippen molar-refractivity contribution in [2.75, 3.05) is 6.54 Å². The number of hydrogen-bond acceptors (Lipinski definition) is 1. The first-order chi connectivity index (χ1) is 12.0. The second-order valence-corrected chi connectivity index (χ2v) is 7.63. The van der Waals surface area contributed by atoms with Gasteiger partial charge >= 0.3 is 0 Å². The molecule has 2 atom stereocenters. The van der Waals surface area contributed by atoms with Crippen LogP contribution in [0.25, 0.3) is 0 Å². The van der Waals surface area contributed by atoms with Gasteiger partial charge in [0.2, 0.25) is 0 Å². The van der Waals surface area contributed by atoms with Crippen molar-refractivity contribution < 1.29 is 8.78 Å². The van der Waals surface area contributed by atoms with Crippen LogP contribution in [-0.2, 0) is 0 Å². The Morgan fingerprint density at radius 3 is 1.76 bits per heavy atom. The molecule has 1 fully saturated rings. The lowest BCUT2D eigenvalue weighted by molar-refractivity contribution is 0.0696. The molecule has 0 saturated carbocycles. The molecule has 0 spiro atoms. The average Bonchev–Trinajstić information content (AvgIpc) is 2.59. The summed E-state index contributed by atoms with van der Waals surface area (Å²) in [7, 11) is 0. The molecule has 0 radical (unpaired) electrons. The van der Waals surface area contributed by atoms with Crippen molar-refractivity contribution in [1.29, 1.82) is 0 Å². The van der Waals surface area contributed by atoms with Crippen LogP contribution < -0.4 is 0 Å². The molecule has 1 nitrogen and oxygen atoms in total. The zero-order chi connectivity index (χ0) is 18.0. The largest absolute Gasteiger partial charge is 0.289 e. The molecule has 1 aliphatic heterocycles. The predicted molar refractivity (Wildman–Crippen MR) is 98.4 cm³/mol. The van der Waals surface area contributed by atoms with E-state index in [1.807, 2.05) is 24.3 Å². The normalized spacial score (nSPS) is 21.9. The van der Waals surface area contributed by atoms with E-state index in [4.69, 9.17) is 0 Å². The fourth-order valence-corrected chi connectivity index (χ4v) is 3.93. The van der Waals surface area contributed by atoms with Crippen molar-refractivity contribution in [2.45, 2.75) is 45.7 Å². The molecule has 0 N–H and O–H groups in total. The first kappa shape index (κ1) is 18.1. The highest BCUT2D eigenvalue weighted by atomic mass is 19.1. The van der Waals surface area contributed by atoms with E-state index in [9.17, 15) is 8.78 Å². The van der Waals surface area contributed by atoms with Gasteiger partial charge in [0.15, 0.2) is 0 Å². The summed E-state index contributed by atoms with van der Waals surface area (Å²) >= 11 is 0. The SMILES string of the molecule is CC(C)[C@@H]1CC[C@H](C)N(C(c2ccc(F)cc2)c2ccc(F)cc2)C1. The van der Waals surface area contributed by atoms with Crippen molar-refractivity contribution in [3.05, 3.63) is 71.3 Å². The van der Waals surface area contributed by atoms with Crippen LogP contribution in [0.5, 0.6) is 0 Å². The molecule has 0 aliphatic carbocycles. The number of hydrogen-bond donors (Lipinski definition) is 0. The first-order valence-electron chi connectivity index (χ1n) is 9.22. The van der Waals surface area contributed by atoms with E-state index < -0.39 is 0 Å². The maximum Gasteiger partial charge on any atom is 0.123 e. The van der Waals surface area contributed by atoms with Crippen molar-refractivity contribution in [1.82, 2.24) is 4.90 Å². The van der Waals surface area contributed by atoms with E-state index in [1.54, 1.807) is 0 Å². The number of likely N-dealkylation sites (tertiary alicyclic amines) is 1. The van der Waals surface area contributed by atoms with Gasteiger partial charge < -0.3 is 0 Å². The highest BCUT2D eigenvalue weighted by molar-refractivity contribution is 5.32. The monoisotopic (exact) mass is 343 g/mol. The molecule has 1 aliphatic rings. The van der Waals surface area contributed by atoms with E-state index in [1.165, 1.54) is 30.7 Å². The Labute approximate surface area is 149 Å². The zero-order valence-electron chi connectivity index (χ0n) is 15.3. The van der Waals surface area contributed by atoms with Crippen LogP contribution in [-0.4, -0.2) is 17.5 Å². The summed E-state index contributed by atoms with van der Waals surface area (Å²) in [6, 6.07) is 13.9. The second kappa shape index (κ2) is 7.65. The predicted octanol–water partition coefficient (Wildman–Crippen LogP) is 5.81. The Morgan fingerprint density at radius 1 is 0.840 bits per heavy atom. The lowest BCUT2D eigenvalue weighted by Gasteiger charge is -2.44. The summed E-state index contributed by atoms with van der Waals surface area (Å²) in [4.78, 5) is 2.51. The molecule has 2 aromatic carbocycles. The van der Waals surface area contributed by atoms with Crippen LogP contribution in [0.15, 0.2) is 48.5 Å². The molecule has 3 rings (SSSR count). The molecule has 2 aromatic rings. The van der Waals surface area contributed by atoms with Gasteiger partial charge in [-0.15, -0.1) is 0 Å². The standard InChI is InChI=1S/C22H27F2N/c1-15(2)19-5-4-16(3)25(14-19)22(17-6-10-20(23)11-7-17)18-8-12-21(24)13-9-18/h6-13,15-16,19,22H,4-5,14H2,1-3H3/t16-,19+/m0/s1. The van der Waals surface area contributed by atoms with Crippen LogP contribution in [0.3, 0.4) is 0 Å². The molecule has 0 bridgehead atoms. The van der Waals surface area contributed by atoms with Crippen LogP contribution in [0.4, 0.5) is 8.78 Å². The van der Waals surface area contributed by atoms with E-state index in [0.717, 1.165) is 24.1 Å².